The third kappa shape index (κ3) is 1.56. The molecule has 2 fully saturated rings. The highest BCUT2D eigenvalue weighted by Gasteiger charge is 2.53. The molecule has 2 aliphatic rings. The predicted molar refractivity (Wildman–Crippen MR) is 58.5 cm³/mol. The molecule has 1 saturated heterocycles. The fraction of sp³-hybridized carbons (Fsp3) is 0.833. The molecule has 2 atom stereocenters. The Hall–Kier alpha value is -0.900. The Morgan fingerprint density at radius 2 is 1.75 bits per heavy atom. The van der Waals surface area contributed by atoms with Crippen LogP contribution in [0.25, 0.3) is 0 Å². The van der Waals surface area contributed by atoms with Gasteiger partial charge in [-0.3, -0.25) is 14.5 Å². The number of nitrogens with zero attached hydrogens (tertiary/aromatic N) is 1. The van der Waals surface area contributed by atoms with E-state index in [0.717, 1.165) is 19.3 Å². The van der Waals surface area contributed by atoms with E-state index in [1.165, 1.54) is 4.90 Å². The number of hydrogen-bond donors (Lipinski definition) is 1. The molecule has 1 N–H and O–H groups in total. The molecule has 1 aliphatic carbocycles. The zero-order chi connectivity index (χ0) is 11.9. The number of carbonyl (C=O) groups excluding carboxylic acids is 2. The van der Waals surface area contributed by atoms with Crippen LogP contribution in [-0.2, 0) is 9.59 Å². The van der Waals surface area contributed by atoms with E-state index in [4.69, 9.17) is 5.11 Å². The standard InChI is InChI=1S/C12H19NO3/c1-12(2,6-7-14)13-10(15)8-4-3-5-9(8)11(13)16/h8-9,14H,3-7H2,1-2H3. The highest BCUT2D eigenvalue weighted by molar-refractivity contribution is 6.06. The molecule has 0 aromatic rings. The molecule has 16 heavy (non-hydrogen) atoms. The van der Waals surface area contributed by atoms with Gasteiger partial charge in [-0.2, -0.15) is 0 Å². The molecule has 0 bridgehead atoms. The van der Waals surface area contributed by atoms with Crippen molar-refractivity contribution in [3.63, 3.8) is 0 Å². The van der Waals surface area contributed by atoms with E-state index in [9.17, 15) is 9.59 Å². The summed E-state index contributed by atoms with van der Waals surface area (Å²) in [5.74, 6) is -0.201. The number of rotatable bonds is 3. The third-order valence-corrected chi connectivity index (χ3v) is 3.92. The van der Waals surface area contributed by atoms with Crippen LogP contribution in [0.5, 0.6) is 0 Å². The van der Waals surface area contributed by atoms with Crippen molar-refractivity contribution < 1.29 is 14.7 Å². The minimum absolute atomic E-state index is 0.000602. The lowest BCUT2D eigenvalue weighted by atomic mass is 9.98. The van der Waals surface area contributed by atoms with Crippen LogP contribution < -0.4 is 0 Å². The van der Waals surface area contributed by atoms with Crippen molar-refractivity contribution in [1.29, 1.82) is 0 Å². The van der Waals surface area contributed by atoms with Gasteiger partial charge < -0.3 is 5.11 Å². The van der Waals surface area contributed by atoms with E-state index in [-0.39, 0.29) is 30.3 Å². The number of aliphatic hydroxyl groups is 1. The lowest BCUT2D eigenvalue weighted by molar-refractivity contribution is -0.147. The Bertz CT molecular complexity index is 302. The minimum Gasteiger partial charge on any atom is -0.396 e. The first-order chi connectivity index (χ1) is 7.49. The fourth-order valence-corrected chi connectivity index (χ4v) is 2.97. The van der Waals surface area contributed by atoms with Gasteiger partial charge in [-0.05, 0) is 33.1 Å². The van der Waals surface area contributed by atoms with Crippen LogP contribution in [0, 0.1) is 11.8 Å². The molecule has 2 unspecified atom stereocenters. The first-order valence-corrected chi connectivity index (χ1v) is 5.98. The Kier molecular flexibility index (Phi) is 2.78. The number of aliphatic hydroxyl groups excluding tert-OH is 1. The monoisotopic (exact) mass is 225 g/mol. The van der Waals surface area contributed by atoms with Crippen LogP contribution in [-0.4, -0.2) is 34.0 Å². The molecule has 4 heteroatoms. The van der Waals surface area contributed by atoms with Crippen LogP contribution in [0.3, 0.4) is 0 Å². The second kappa shape index (κ2) is 3.84. The summed E-state index contributed by atoms with van der Waals surface area (Å²) in [7, 11) is 0. The molecule has 0 aromatic heterocycles. The molecule has 2 amide bonds. The summed E-state index contributed by atoms with van der Waals surface area (Å²) in [5, 5.41) is 8.99. The normalized spacial score (nSPS) is 30.1. The number of likely N-dealkylation sites (tertiary alicyclic amines) is 1. The first kappa shape index (κ1) is 11.6. The smallest absolute Gasteiger partial charge is 0.233 e. The van der Waals surface area contributed by atoms with Crippen molar-refractivity contribution >= 4 is 11.8 Å². The molecular formula is C12H19NO3. The lowest BCUT2D eigenvalue weighted by Crippen LogP contribution is -2.49. The van der Waals surface area contributed by atoms with Crippen LogP contribution in [0.1, 0.15) is 39.5 Å². The first-order valence-electron chi connectivity index (χ1n) is 5.98. The summed E-state index contributed by atoms with van der Waals surface area (Å²) in [5.41, 5.74) is -0.548. The second-order valence-corrected chi connectivity index (χ2v) is 5.44. The van der Waals surface area contributed by atoms with Gasteiger partial charge in [-0.25, -0.2) is 0 Å². The third-order valence-electron chi connectivity index (χ3n) is 3.92. The van der Waals surface area contributed by atoms with Gasteiger partial charge in [0.1, 0.15) is 0 Å². The number of fused-ring (bicyclic) bond motifs is 1. The fourth-order valence-electron chi connectivity index (χ4n) is 2.97. The van der Waals surface area contributed by atoms with Gasteiger partial charge in [0.25, 0.3) is 0 Å². The van der Waals surface area contributed by atoms with E-state index in [2.05, 4.69) is 0 Å². The number of hydrogen-bond acceptors (Lipinski definition) is 3. The molecule has 90 valence electrons. The van der Waals surface area contributed by atoms with E-state index in [1.807, 2.05) is 13.8 Å². The minimum atomic E-state index is -0.548. The van der Waals surface area contributed by atoms with Crippen molar-refractivity contribution in [2.45, 2.75) is 45.1 Å². The van der Waals surface area contributed by atoms with Gasteiger partial charge in [-0.1, -0.05) is 6.42 Å². The summed E-state index contributed by atoms with van der Waals surface area (Å²) >= 11 is 0. The molecule has 0 radical (unpaired) electrons. The Labute approximate surface area is 95.6 Å². The highest BCUT2D eigenvalue weighted by Crippen LogP contribution is 2.42. The van der Waals surface area contributed by atoms with E-state index in [0.29, 0.717) is 6.42 Å². The molecule has 4 nitrogen and oxygen atoms in total. The SMILES string of the molecule is CC(C)(CCO)N1C(=O)C2CCCC2C1=O. The van der Waals surface area contributed by atoms with Crippen molar-refractivity contribution in [2.75, 3.05) is 6.61 Å². The average molecular weight is 225 g/mol. The maximum absolute atomic E-state index is 12.1. The van der Waals surface area contributed by atoms with Gasteiger partial charge in [0.2, 0.25) is 11.8 Å². The summed E-state index contributed by atoms with van der Waals surface area (Å²) in [4.78, 5) is 25.7. The predicted octanol–water partition coefficient (Wildman–Crippen LogP) is 0.933. The van der Waals surface area contributed by atoms with Crippen LogP contribution in [0.4, 0.5) is 0 Å². The quantitative estimate of drug-likeness (QED) is 0.727. The van der Waals surface area contributed by atoms with Gasteiger partial charge in [0, 0.05) is 12.1 Å². The Balaban J connectivity index is 2.23. The van der Waals surface area contributed by atoms with E-state index >= 15 is 0 Å². The maximum Gasteiger partial charge on any atom is 0.233 e. The highest BCUT2D eigenvalue weighted by atomic mass is 16.3. The summed E-state index contributed by atoms with van der Waals surface area (Å²) in [6.45, 7) is 3.69. The average Bonchev–Trinajstić information content (AvgIpc) is 2.71. The van der Waals surface area contributed by atoms with Gasteiger partial charge in [0.15, 0.2) is 0 Å². The molecule has 1 aliphatic heterocycles. The second-order valence-electron chi connectivity index (χ2n) is 5.44. The molecule has 1 heterocycles. The molecule has 0 spiro atoms. The van der Waals surface area contributed by atoms with E-state index < -0.39 is 5.54 Å². The van der Waals surface area contributed by atoms with Gasteiger partial charge >= 0.3 is 0 Å². The summed E-state index contributed by atoms with van der Waals surface area (Å²) in [6, 6.07) is 0. The zero-order valence-electron chi connectivity index (χ0n) is 9.90. The Morgan fingerprint density at radius 1 is 1.25 bits per heavy atom. The molecule has 0 aromatic carbocycles. The number of imide groups is 1. The molecular weight excluding hydrogens is 206 g/mol. The van der Waals surface area contributed by atoms with Crippen LogP contribution >= 0.6 is 0 Å². The van der Waals surface area contributed by atoms with Crippen molar-refractivity contribution in [3.8, 4) is 0 Å². The summed E-state index contributed by atoms with van der Waals surface area (Å²) in [6.07, 6.45) is 3.13. The van der Waals surface area contributed by atoms with E-state index in [1.54, 1.807) is 0 Å². The van der Waals surface area contributed by atoms with Crippen molar-refractivity contribution in [3.05, 3.63) is 0 Å². The largest absolute Gasteiger partial charge is 0.396 e. The summed E-state index contributed by atoms with van der Waals surface area (Å²) < 4.78 is 0. The van der Waals surface area contributed by atoms with Crippen molar-refractivity contribution in [1.82, 2.24) is 4.90 Å². The number of carbonyl (C=O) groups is 2. The van der Waals surface area contributed by atoms with Crippen molar-refractivity contribution in [2.24, 2.45) is 11.8 Å². The van der Waals surface area contributed by atoms with Crippen LogP contribution in [0.15, 0.2) is 0 Å². The lowest BCUT2D eigenvalue weighted by Gasteiger charge is -2.34. The molecule has 2 rings (SSSR count). The number of amides is 2. The zero-order valence-corrected chi connectivity index (χ0v) is 9.90. The van der Waals surface area contributed by atoms with Gasteiger partial charge in [-0.15, -0.1) is 0 Å². The Morgan fingerprint density at radius 3 is 2.19 bits per heavy atom. The maximum atomic E-state index is 12.1. The topological polar surface area (TPSA) is 57.6 Å². The molecule has 1 saturated carbocycles. The van der Waals surface area contributed by atoms with Gasteiger partial charge in [0.05, 0.1) is 11.8 Å². The van der Waals surface area contributed by atoms with Crippen LogP contribution in [0.2, 0.25) is 0 Å².